The number of nitrogens with two attached hydrogens (primary N) is 1. The van der Waals surface area contributed by atoms with Crippen LogP contribution in [0.4, 0.5) is 0 Å². The second-order valence-electron chi connectivity index (χ2n) is 3.68. The lowest BCUT2D eigenvalue weighted by Gasteiger charge is -2.40. The van der Waals surface area contributed by atoms with Crippen LogP contribution < -0.4 is 5.73 Å². The van der Waals surface area contributed by atoms with Crippen LogP contribution in [-0.2, 0) is 12.5 Å². The van der Waals surface area contributed by atoms with Gasteiger partial charge in [0.05, 0.1) is 0 Å². The molecule has 0 bridgehead atoms. The molecule has 0 aliphatic heterocycles. The van der Waals surface area contributed by atoms with E-state index < -0.39 is 0 Å². The Morgan fingerprint density at radius 3 is 2.75 bits per heavy atom. The average molecular weight is 165 g/mol. The van der Waals surface area contributed by atoms with Crippen molar-refractivity contribution in [1.82, 2.24) is 9.78 Å². The minimum Gasteiger partial charge on any atom is -0.330 e. The fourth-order valence-electron chi connectivity index (χ4n) is 2.06. The molecule has 12 heavy (non-hydrogen) atoms. The van der Waals surface area contributed by atoms with Crippen LogP contribution in [0.25, 0.3) is 0 Å². The van der Waals surface area contributed by atoms with Gasteiger partial charge in [-0.15, -0.1) is 0 Å². The number of hydrogen-bond donors (Lipinski definition) is 1. The summed E-state index contributed by atoms with van der Waals surface area (Å²) in [6.45, 7) is 0.756. The summed E-state index contributed by atoms with van der Waals surface area (Å²) in [5.74, 6) is 0. The van der Waals surface area contributed by atoms with Gasteiger partial charge in [-0.2, -0.15) is 5.10 Å². The molecule has 0 aromatic carbocycles. The van der Waals surface area contributed by atoms with Gasteiger partial charge in [0, 0.05) is 30.9 Å². The van der Waals surface area contributed by atoms with Crippen LogP contribution in [-0.4, -0.2) is 16.3 Å². The van der Waals surface area contributed by atoms with Gasteiger partial charge in [-0.05, 0) is 18.9 Å². The summed E-state index contributed by atoms with van der Waals surface area (Å²) in [7, 11) is 1.99. The molecule has 1 saturated carbocycles. The quantitative estimate of drug-likeness (QED) is 0.704. The van der Waals surface area contributed by atoms with E-state index in [9.17, 15) is 0 Å². The summed E-state index contributed by atoms with van der Waals surface area (Å²) >= 11 is 0. The van der Waals surface area contributed by atoms with Gasteiger partial charge in [-0.3, -0.25) is 4.68 Å². The molecule has 1 aromatic rings. The molecular formula is C9H15N3. The van der Waals surface area contributed by atoms with Gasteiger partial charge in [0.2, 0.25) is 0 Å². The van der Waals surface area contributed by atoms with Gasteiger partial charge in [-0.25, -0.2) is 0 Å². The van der Waals surface area contributed by atoms with E-state index in [0.29, 0.717) is 0 Å². The van der Waals surface area contributed by atoms with Crippen molar-refractivity contribution in [1.29, 1.82) is 0 Å². The number of rotatable bonds is 2. The van der Waals surface area contributed by atoms with Gasteiger partial charge in [0.15, 0.2) is 0 Å². The van der Waals surface area contributed by atoms with Gasteiger partial charge < -0.3 is 5.73 Å². The molecule has 0 amide bonds. The molecule has 0 atom stereocenters. The Kier molecular flexibility index (Phi) is 1.68. The summed E-state index contributed by atoms with van der Waals surface area (Å²) in [6.07, 6.45) is 5.61. The maximum Gasteiger partial charge on any atom is 0.0492 e. The highest BCUT2D eigenvalue weighted by Gasteiger charge is 2.39. The van der Waals surface area contributed by atoms with Crippen molar-refractivity contribution in [2.45, 2.75) is 24.7 Å². The third kappa shape index (κ3) is 0.894. The Hall–Kier alpha value is -0.830. The minimum atomic E-state index is 0.255. The summed E-state index contributed by atoms with van der Waals surface area (Å²) in [6, 6.07) is 2.09. The zero-order chi connectivity index (χ0) is 8.60. The highest BCUT2D eigenvalue weighted by atomic mass is 15.3. The van der Waals surface area contributed by atoms with E-state index in [2.05, 4.69) is 11.2 Å². The lowest BCUT2D eigenvalue weighted by molar-refractivity contribution is 0.237. The van der Waals surface area contributed by atoms with Crippen molar-refractivity contribution >= 4 is 0 Å². The number of hydrogen-bond acceptors (Lipinski definition) is 2. The molecule has 3 nitrogen and oxygen atoms in total. The number of aryl methyl sites for hydroxylation is 1. The average Bonchev–Trinajstić information content (AvgIpc) is 2.36. The SMILES string of the molecule is Cn1nccc1C1(CN)CCC1. The molecule has 2 rings (SSSR count). The van der Waals surface area contributed by atoms with E-state index in [1.165, 1.54) is 25.0 Å². The molecule has 1 aliphatic rings. The lowest BCUT2D eigenvalue weighted by atomic mass is 9.66. The highest BCUT2D eigenvalue weighted by molar-refractivity contribution is 5.20. The molecule has 2 N–H and O–H groups in total. The van der Waals surface area contributed by atoms with Gasteiger partial charge >= 0.3 is 0 Å². The fourth-order valence-corrected chi connectivity index (χ4v) is 2.06. The van der Waals surface area contributed by atoms with Gasteiger partial charge in [0.1, 0.15) is 0 Å². The summed E-state index contributed by atoms with van der Waals surface area (Å²) < 4.78 is 1.95. The van der Waals surface area contributed by atoms with Crippen molar-refractivity contribution in [3.05, 3.63) is 18.0 Å². The molecule has 3 heteroatoms. The first-order valence-electron chi connectivity index (χ1n) is 4.47. The number of nitrogens with zero attached hydrogens (tertiary/aromatic N) is 2. The highest BCUT2D eigenvalue weighted by Crippen LogP contribution is 2.42. The van der Waals surface area contributed by atoms with Crippen LogP contribution in [0.15, 0.2) is 12.3 Å². The molecule has 1 aromatic heterocycles. The molecular weight excluding hydrogens is 150 g/mol. The maximum atomic E-state index is 5.79. The van der Waals surface area contributed by atoms with Crippen LogP contribution in [0.3, 0.4) is 0 Å². The first-order valence-corrected chi connectivity index (χ1v) is 4.47. The zero-order valence-electron chi connectivity index (χ0n) is 7.45. The molecule has 1 fully saturated rings. The van der Waals surface area contributed by atoms with Crippen molar-refractivity contribution in [2.24, 2.45) is 12.8 Å². The van der Waals surface area contributed by atoms with E-state index in [-0.39, 0.29) is 5.41 Å². The van der Waals surface area contributed by atoms with Crippen LogP contribution in [0.1, 0.15) is 25.0 Å². The molecule has 0 spiro atoms. The van der Waals surface area contributed by atoms with E-state index in [1.807, 2.05) is 17.9 Å². The molecule has 0 unspecified atom stereocenters. The van der Waals surface area contributed by atoms with Crippen LogP contribution in [0, 0.1) is 0 Å². The topological polar surface area (TPSA) is 43.8 Å². The Balaban J connectivity index is 2.33. The van der Waals surface area contributed by atoms with Crippen molar-refractivity contribution in [3.63, 3.8) is 0 Å². The molecule has 66 valence electrons. The molecule has 1 heterocycles. The van der Waals surface area contributed by atoms with Crippen LogP contribution >= 0.6 is 0 Å². The van der Waals surface area contributed by atoms with Crippen molar-refractivity contribution in [2.75, 3.05) is 6.54 Å². The van der Waals surface area contributed by atoms with E-state index in [1.54, 1.807) is 0 Å². The Labute approximate surface area is 72.6 Å². The fraction of sp³-hybridized carbons (Fsp3) is 0.667. The molecule has 0 radical (unpaired) electrons. The van der Waals surface area contributed by atoms with Crippen LogP contribution in [0.2, 0.25) is 0 Å². The van der Waals surface area contributed by atoms with E-state index >= 15 is 0 Å². The minimum absolute atomic E-state index is 0.255. The van der Waals surface area contributed by atoms with E-state index in [4.69, 9.17) is 5.73 Å². The summed E-state index contributed by atoms with van der Waals surface area (Å²) in [5, 5.41) is 4.17. The third-order valence-electron chi connectivity index (χ3n) is 3.07. The third-order valence-corrected chi connectivity index (χ3v) is 3.07. The largest absolute Gasteiger partial charge is 0.330 e. The number of aromatic nitrogens is 2. The first-order chi connectivity index (χ1) is 5.78. The molecule has 0 saturated heterocycles. The second kappa shape index (κ2) is 2.59. The van der Waals surface area contributed by atoms with Crippen molar-refractivity contribution in [3.8, 4) is 0 Å². The Bertz CT molecular complexity index is 268. The zero-order valence-corrected chi connectivity index (χ0v) is 7.45. The summed E-state index contributed by atoms with van der Waals surface area (Å²) in [4.78, 5) is 0. The van der Waals surface area contributed by atoms with Gasteiger partial charge in [0.25, 0.3) is 0 Å². The normalized spacial score (nSPS) is 20.5. The smallest absolute Gasteiger partial charge is 0.0492 e. The second-order valence-corrected chi connectivity index (χ2v) is 3.68. The standard InChI is InChI=1S/C9H15N3/c1-12-8(3-6-11-12)9(7-10)4-2-5-9/h3,6H,2,4-5,7,10H2,1H3. The van der Waals surface area contributed by atoms with Gasteiger partial charge in [-0.1, -0.05) is 6.42 Å². The predicted molar refractivity (Wildman–Crippen MR) is 47.8 cm³/mol. The Morgan fingerprint density at radius 2 is 2.42 bits per heavy atom. The monoisotopic (exact) mass is 165 g/mol. The summed E-state index contributed by atoms with van der Waals surface area (Å²) in [5.41, 5.74) is 7.35. The van der Waals surface area contributed by atoms with E-state index in [0.717, 1.165) is 6.54 Å². The Morgan fingerprint density at radius 1 is 1.67 bits per heavy atom. The first kappa shape index (κ1) is 7.80. The maximum absolute atomic E-state index is 5.79. The van der Waals surface area contributed by atoms with Crippen LogP contribution in [0.5, 0.6) is 0 Å². The van der Waals surface area contributed by atoms with Crippen molar-refractivity contribution < 1.29 is 0 Å². The molecule has 1 aliphatic carbocycles. The predicted octanol–water partition coefficient (Wildman–Crippen LogP) is 0.800. The lowest BCUT2D eigenvalue weighted by Crippen LogP contribution is -2.43.